The topological polar surface area (TPSA) is 55.0 Å². The molecule has 4 nitrogen and oxygen atoms in total. The molecule has 0 spiro atoms. The Kier molecular flexibility index (Phi) is 3.82. The quantitative estimate of drug-likeness (QED) is 0.741. The monoisotopic (exact) mass is 316 g/mol. The molecule has 0 amide bonds. The summed E-state index contributed by atoms with van der Waals surface area (Å²) in [6, 6.07) is 8.74. The third-order valence-corrected chi connectivity index (χ3v) is 3.26. The Hall–Kier alpha value is -2.76. The van der Waals surface area contributed by atoms with Gasteiger partial charge < -0.3 is 9.72 Å². The van der Waals surface area contributed by atoms with Crippen LogP contribution in [0.2, 0.25) is 0 Å². The number of nitrogens with zero attached hydrogens (tertiary/aromatic N) is 1. The highest BCUT2D eigenvalue weighted by Gasteiger charge is 2.12. The molecule has 0 radical (unpaired) electrons. The van der Waals surface area contributed by atoms with Gasteiger partial charge in [0, 0.05) is 17.7 Å². The fourth-order valence-corrected chi connectivity index (χ4v) is 2.19. The van der Waals surface area contributed by atoms with Crippen LogP contribution < -0.4 is 0 Å². The highest BCUT2D eigenvalue weighted by Crippen LogP contribution is 2.23. The van der Waals surface area contributed by atoms with E-state index in [2.05, 4.69) is 9.97 Å². The number of imidazole rings is 1. The number of aromatic amines is 1. The number of hydrogen-bond acceptors (Lipinski definition) is 3. The fourth-order valence-electron chi connectivity index (χ4n) is 2.19. The number of halogens is 2. The maximum atomic E-state index is 13.2. The predicted octanol–water partition coefficient (Wildman–Crippen LogP) is 4.07. The number of fused-ring (bicyclic) bond motifs is 1. The number of H-pyrrole nitrogens is 1. The summed E-state index contributed by atoms with van der Waals surface area (Å²) >= 11 is 0. The van der Waals surface area contributed by atoms with E-state index in [1.165, 1.54) is 0 Å². The Morgan fingerprint density at radius 3 is 2.43 bits per heavy atom. The first-order valence-corrected chi connectivity index (χ1v) is 7.10. The molecule has 3 rings (SSSR count). The van der Waals surface area contributed by atoms with Crippen LogP contribution in [0.1, 0.15) is 24.2 Å². The predicted molar refractivity (Wildman–Crippen MR) is 82.0 cm³/mol. The van der Waals surface area contributed by atoms with Gasteiger partial charge in [0.2, 0.25) is 0 Å². The molecule has 0 saturated carbocycles. The van der Waals surface area contributed by atoms with E-state index in [0.717, 1.165) is 12.1 Å². The molecule has 1 aromatic heterocycles. The lowest BCUT2D eigenvalue weighted by Gasteiger charge is -2.07. The number of rotatable bonds is 3. The van der Waals surface area contributed by atoms with Gasteiger partial charge in [0.25, 0.3) is 0 Å². The number of nitrogens with one attached hydrogen (secondary N) is 1. The molecule has 6 heteroatoms. The fraction of sp³-hybridized carbons (Fsp3) is 0.176. The van der Waals surface area contributed by atoms with Crippen molar-refractivity contribution in [3.05, 3.63) is 53.6 Å². The molecule has 0 aliphatic rings. The van der Waals surface area contributed by atoms with E-state index in [1.807, 2.05) is 0 Å². The zero-order valence-corrected chi connectivity index (χ0v) is 12.6. The molecule has 0 bridgehead atoms. The standard InChI is InChI=1S/C17H14F2N2O2/c1-9(2)23-17(22)11-5-3-10(4-6-11)16-20-14-7-12(18)13(19)8-15(14)21-16/h3-9H,1-2H3,(H,20,21). The van der Waals surface area contributed by atoms with Gasteiger partial charge in [-0.3, -0.25) is 0 Å². The number of hydrogen-bond donors (Lipinski definition) is 1. The second-order valence-electron chi connectivity index (χ2n) is 5.40. The van der Waals surface area contributed by atoms with E-state index in [1.54, 1.807) is 38.1 Å². The van der Waals surface area contributed by atoms with Crippen LogP contribution in [0.4, 0.5) is 8.78 Å². The molecule has 1 heterocycles. The third-order valence-electron chi connectivity index (χ3n) is 3.26. The molecular weight excluding hydrogens is 302 g/mol. The first-order valence-electron chi connectivity index (χ1n) is 7.10. The highest BCUT2D eigenvalue weighted by molar-refractivity contribution is 5.90. The van der Waals surface area contributed by atoms with E-state index in [9.17, 15) is 13.6 Å². The molecule has 0 unspecified atom stereocenters. The van der Waals surface area contributed by atoms with Crippen LogP contribution in [0.3, 0.4) is 0 Å². The summed E-state index contributed by atoms with van der Waals surface area (Å²) in [5.41, 5.74) is 1.86. The Balaban J connectivity index is 1.91. The van der Waals surface area contributed by atoms with Gasteiger partial charge in [-0.25, -0.2) is 18.6 Å². The van der Waals surface area contributed by atoms with Crippen molar-refractivity contribution in [1.82, 2.24) is 9.97 Å². The summed E-state index contributed by atoms with van der Waals surface area (Å²) in [6.07, 6.45) is -0.192. The van der Waals surface area contributed by atoms with E-state index >= 15 is 0 Å². The summed E-state index contributed by atoms with van der Waals surface area (Å²) in [7, 11) is 0. The number of esters is 1. The first kappa shape index (κ1) is 15.1. The van der Waals surface area contributed by atoms with Crippen molar-refractivity contribution in [2.75, 3.05) is 0 Å². The summed E-state index contributed by atoms with van der Waals surface area (Å²) in [6.45, 7) is 3.55. The van der Waals surface area contributed by atoms with Crippen LogP contribution in [0.15, 0.2) is 36.4 Å². The van der Waals surface area contributed by atoms with Crippen molar-refractivity contribution < 1.29 is 18.3 Å². The van der Waals surface area contributed by atoms with Crippen LogP contribution in [-0.4, -0.2) is 22.0 Å². The van der Waals surface area contributed by atoms with Crippen LogP contribution in [0, 0.1) is 11.6 Å². The maximum absolute atomic E-state index is 13.2. The van der Waals surface area contributed by atoms with Gasteiger partial charge in [-0.2, -0.15) is 0 Å². The van der Waals surface area contributed by atoms with Crippen molar-refractivity contribution in [2.45, 2.75) is 20.0 Å². The van der Waals surface area contributed by atoms with Gasteiger partial charge in [-0.05, 0) is 26.0 Å². The largest absolute Gasteiger partial charge is 0.459 e. The second kappa shape index (κ2) is 5.79. The Bertz CT molecular complexity index is 831. The van der Waals surface area contributed by atoms with Gasteiger partial charge in [0.1, 0.15) is 5.82 Å². The van der Waals surface area contributed by atoms with Gasteiger partial charge in [0.15, 0.2) is 11.6 Å². The summed E-state index contributed by atoms with van der Waals surface area (Å²) in [5, 5.41) is 0. The van der Waals surface area contributed by atoms with Crippen LogP contribution in [0.5, 0.6) is 0 Å². The van der Waals surface area contributed by atoms with Crippen LogP contribution in [0.25, 0.3) is 22.4 Å². The normalized spacial score (nSPS) is 11.2. The molecule has 2 aromatic carbocycles. The number of carbonyl (C=O) groups excluding carboxylic acids is 1. The lowest BCUT2D eigenvalue weighted by atomic mass is 10.1. The lowest BCUT2D eigenvalue weighted by molar-refractivity contribution is 0.0378. The third kappa shape index (κ3) is 3.06. The van der Waals surface area contributed by atoms with Gasteiger partial charge in [0.05, 0.1) is 22.7 Å². The van der Waals surface area contributed by atoms with Gasteiger partial charge in [-0.15, -0.1) is 0 Å². The van der Waals surface area contributed by atoms with Crippen molar-refractivity contribution in [3.63, 3.8) is 0 Å². The average molecular weight is 316 g/mol. The highest BCUT2D eigenvalue weighted by atomic mass is 19.2. The summed E-state index contributed by atoms with van der Waals surface area (Å²) in [4.78, 5) is 18.9. The SMILES string of the molecule is CC(C)OC(=O)c1ccc(-c2nc3cc(F)c(F)cc3[nH]2)cc1. The van der Waals surface area contributed by atoms with Crippen molar-refractivity contribution in [3.8, 4) is 11.4 Å². The molecule has 23 heavy (non-hydrogen) atoms. The van der Waals surface area contributed by atoms with E-state index in [-0.39, 0.29) is 6.10 Å². The first-order chi connectivity index (χ1) is 10.9. The Morgan fingerprint density at radius 2 is 1.78 bits per heavy atom. The summed E-state index contributed by atoms with van der Waals surface area (Å²) in [5.74, 6) is -1.81. The minimum absolute atomic E-state index is 0.192. The zero-order chi connectivity index (χ0) is 16.6. The van der Waals surface area contributed by atoms with E-state index < -0.39 is 17.6 Å². The molecule has 3 aromatic rings. The zero-order valence-electron chi connectivity index (χ0n) is 12.6. The molecule has 0 saturated heterocycles. The average Bonchev–Trinajstić information content (AvgIpc) is 2.90. The molecule has 0 fully saturated rings. The Morgan fingerprint density at radius 1 is 1.13 bits per heavy atom. The van der Waals surface area contributed by atoms with Crippen molar-refractivity contribution in [2.24, 2.45) is 0 Å². The molecule has 0 atom stereocenters. The number of carbonyl (C=O) groups is 1. The van der Waals surface area contributed by atoms with Gasteiger partial charge in [-0.1, -0.05) is 12.1 Å². The van der Waals surface area contributed by atoms with Crippen molar-refractivity contribution >= 4 is 17.0 Å². The lowest BCUT2D eigenvalue weighted by Crippen LogP contribution is -2.11. The van der Waals surface area contributed by atoms with Crippen LogP contribution in [-0.2, 0) is 4.74 Å². The number of ether oxygens (including phenoxy) is 1. The van der Waals surface area contributed by atoms with E-state index in [0.29, 0.717) is 28.0 Å². The second-order valence-corrected chi connectivity index (χ2v) is 5.40. The Labute approximate surface area is 131 Å². The molecule has 0 aliphatic carbocycles. The van der Waals surface area contributed by atoms with E-state index in [4.69, 9.17) is 4.74 Å². The molecule has 1 N–H and O–H groups in total. The minimum Gasteiger partial charge on any atom is -0.459 e. The van der Waals surface area contributed by atoms with Crippen molar-refractivity contribution in [1.29, 1.82) is 0 Å². The molecule has 118 valence electrons. The van der Waals surface area contributed by atoms with Gasteiger partial charge >= 0.3 is 5.97 Å². The maximum Gasteiger partial charge on any atom is 0.338 e. The summed E-state index contributed by atoms with van der Waals surface area (Å²) < 4.78 is 31.6. The molecule has 0 aliphatic heterocycles. The smallest absolute Gasteiger partial charge is 0.338 e. The van der Waals surface area contributed by atoms with Crippen LogP contribution >= 0.6 is 0 Å². The molecular formula is C17H14F2N2O2. The number of benzene rings is 2. The number of aromatic nitrogens is 2. The minimum atomic E-state index is -0.942.